The van der Waals surface area contributed by atoms with Crippen LogP contribution in [0.3, 0.4) is 0 Å². The van der Waals surface area contributed by atoms with E-state index < -0.39 is 10.8 Å². The van der Waals surface area contributed by atoms with Crippen LogP contribution in [0.5, 0.6) is 11.5 Å². The third-order valence-corrected chi connectivity index (χ3v) is 4.14. The molecule has 0 spiro atoms. The van der Waals surface area contributed by atoms with Crippen LogP contribution >= 0.6 is 11.6 Å². The number of benzene rings is 2. The van der Waals surface area contributed by atoms with Crippen LogP contribution in [0, 0.1) is 10.1 Å². The van der Waals surface area contributed by atoms with Crippen molar-refractivity contribution in [3.05, 3.63) is 62.7 Å². The molecule has 27 heavy (non-hydrogen) atoms. The average Bonchev–Trinajstić information content (AvgIpc) is 2.63. The normalized spacial score (nSPS) is 11.6. The molecule has 0 bridgehead atoms. The van der Waals surface area contributed by atoms with Crippen LogP contribution in [0.2, 0.25) is 5.02 Å². The summed E-state index contributed by atoms with van der Waals surface area (Å²) in [7, 11) is 0. The van der Waals surface area contributed by atoms with Gasteiger partial charge in [-0.1, -0.05) is 17.7 Å². The van der Waals surface area contributed by atoms with Gasteiger partial charge in [-0.05, 0) is 44.5 Å². The van der Waals surface area contributed by atoms with Crippen molar-refractivity contribution in [2.75, 3.05) is 13.2 Å². The lowest BCUT2D eigenvalue weighted by molar-refractivity contribution is -0.384. The Kier molecular flexibility index (Phi) is 7.01. The highest BCUT2D eigenvalue weighted by Gasteiger charge is 2.18. The maximum absolute atomic E-state index is 12.5. The number of amides is 1. The molecule has 1 unspecified atom stereocenters. The molecule has 0 radical (unpaired) electrons. The molecule has 1 amide bonds. The van der Waals surface area contributed by atoms with E-state index in [1.165, 1.54) is 12.1 Å². The molecule has 8 heteroatoms. The first-order valence-corrected chi connectivity index (χ1v) is 8.89. The minimum absolute atomic E-state index is 0.0237. The van der Waals surface area contributed by atoms with Crippen molar-refractivity contribution in [1.29, 1.82) is 0 Å². The highest BCUT2D eigenvalue weighted by atomic mass is 35.5. The summed E-state index contributed by atoms with van der Waals surface area (Å²) in [6, 6.07) is 8.87. The Labute approximate surface area is 162 Å². The van der Waals surface area contributed by atoms with Crippen LogP contribution in [0.25, 0.3) is 0 Å². The van der Waals surface area contributed by atoms with Crippen molar-refractivity contribution < 1.29 is 19.2 Å². The van der Waals surface area contributed by atoms with E-state index in [0.717, 1.165) is 11.6 Å². The molecule has 2 aromatic carbocycles. The summed E-state index contributed by atoms with van der Waals surface area (Å²) in [4.78, 5) is 22.7. The molecule has 7 nitrogen and oxygen atoms in total. The summed E-state index contributed by atoms with van der Waals surface area (Å²) in [6.07, 6.45) is 0. The Hall–Kier alpha value is -2.80. The van der Waals surface area contributed by atoms with Gasteiger partial charge in [0.2, 0.25) is 0 Å². The van der Waals surface area contributed by atoms with Gasteiger partial charge in [-0.2, -0.15) is 0 Å². The predicted molar refractivity (Wildman–Crippen MR) is 103 cm³/mol. The van der Waals surface area contributed by atoms with Gasteiger partial charge in [0.25, 0.3) is 11.6 Å². The van der Waals surface area contributed by atoms with Crippen molar-refractivity contribution in [2.45, 2.75) is 26.8 Å². The topological polar surface area (TPSA) is 90.7 Å². The number of ether oxygens (including phenoxy) is 2. The van der Waals surface area contributed by atoms with E-state index >= 15 is 0 Å². The monoisotopic (exact) mass is 392 g/mol. The molecule has 0 fully saturated rings. The zero-order valence-electron chi connectivity index (χ0n) is 15.3. The lowest BCUT2D eigenvalue weighted by Gasteiger charge is -2.18. The summed E-state index contributed by atoms with van der Waals surface area (Å²) < 4.78 is 11.1. The zero-order chi connectivity index (χ0) is 20.0. The van der Waals surface area contributed by atoms with E-state index in [2.05, 4.69) is 5.32 Å². The van der Waals surface area contributed by atoms with Gasteiger partial charge < -0.3 is 14.8 Å². The standard InChI is InChI=1S/C19H21ClN2O5/c1-4-26-17-9-6-13(10-18(17)27-5-2)12(3)21-19(23)15-8-7-14(22(24)25)11-16(15)20/h6-12H,4-5H2,1-3H3,(H,21,23). The number of rotatable bonds is 8. The van der Waals surface area contributed by atoms with Crippen molar-refractivity contribution in [1.82, 2.24) is 5.32 Å². The molecule has 144 valence electrons. The molecule has 0 aromatic heterocycles. The molecule has 0 aliphatic heterocycles. The highest BCUT2D eigenvalue weighted by molar-refractivity contribution is 6.34. The van der Waals surface area contributed by atoms with Gasteiger partial charge >= 0.3 is 0 Å². The van der Waals surface area contributed by atoms with Gasteiger partial charge in [-0.25, -0.2) is 0 Å². The SMILES string of the molecule is CCOc1ccc(C(C)NC(=O)c2ccc([N+](=O)[O-])cc2Cl)cc1OCC. The summed E-state index contributed by atoms with van der Waals surface area (Å²) in [5.41, 5.74) is 0.829. The number of halogens is 1. The first-order chi connectivity index (χ1) is 12.9. The predicted octanol–water partition coefficient (Wildman–Crippen LogP) is 4.54. The van der Waals surface area contributed by atoms with E-state index in [1.807, 2.05) is 32.9 Å². The van der Waals surface area contributed by atoms with Gasteiger partial charge in [0.15, 0.2) is 11.5 Å². The number of nitrogens with one attached hydrogen (secondary N) is 1. The van der Waals surface area contributed by atoms with E-state index in [4.69, 9.17) is 21.1 Å². The second-order valence-electron chi connectivity index (χ2n) is 5.69. The summed E-state index contributed by atoms with van der Waals surface area (Å²) >= 11 is 6.02. The third-order valence-electron chi connectivity index (χ3n) is 3.82. The summed E-state index contributed by atoms with van der Waals surface area (Å²) in [6.45, 7) is 6.60. The minimum Gasteiger partial charge on any atom is -0.490 e. The van der Waals surface area contributed by atoms with E-state index in [0.29, 0.717) is 24.7 Å². The Bertz CT molecular complexity index is 841. The van der Waals surface area contributed by atoms with Crippen molar-refractivity contribution >= 4 is 23.2 Å². The Morgan fingerprint density at radius 2 is 1.81 bits per heavy atom. The lowest BCUT2D eigenvalue weighted by Crippen LogP contribution is -2.27. The Morgan fingerprint density at radius 3 is 2.41 bits per heavy atom. The number of nitrogens with zero attached hydrogens (tertiary/aromatic N) is 1. The number of hydrogen-bond donors (Lipinski definition) is 1. The number of nitro groups is 1. The fourth-order valence-corrected chi connectivity index (χ4v) is 2.76. The zero-order valence-corrected chi connectivity index (χ0v) is 16.1. The number of carbonyl (C=O) groups excluding carboxylic acids is 1. The van der Waals surface area contributed by atoms with Gasteiger partial charge in [0.1, 0.15) is 0 Å². The molecule has 1 atom stereocenters. The quantitative estimate of drug-likeness (QED) is 0.526. The largest absolute Gasteiger partial charge is 0.490 e. The van der Waals surface area contributed by atoms with Crippen molar-refractivity contribution in [3.8, 4) is 11.5 Å². The molecular weight excluding hydrogens is 372 g/mol. The summed E-state index contributed by atoms with van der Waals surface area (Å²) in [5.74, 6) is 0.820. The van der Waals surface area contributed by atoms with Gasteiger partial charge in [0, 0.05) is 12.1 Å². The number of non-ortho nitro benzene ring substituents is 1. The Balaban J connectivity index is 2.18. The van der Waals surface area contributed by atoms with E-state index in [1.54, 1.807) is 6.07 Å². The number of carbonyl (C=O) groups is 1. The molecule has 2 aromatic rings. The fraction of sp³-hybridized carbons (Fsp3) is 0.316. The molecule has 0 aliphatic rings. The molecule has 1 N–H and O–H groups in total. The van der Waals surface area contributed by atoms with Gasteiger partial charge in [-0.3, -0.25) is 14.9 Å². The maximum atomic E-state index is 12.5. The minimum atomic E-state index is -0.564. The van der Waals surface area contributed by atoms with Crippen LogP contribution in [0.1, 0.15) is 42.7 Å². The first kappa shape index (κ1) is 20.5. The summed E-state index contributed by atoms with van der Waals surface area (Å²) in [5, 5.41) is 13.6. The maximum Gasteiger partial charge on any atom is 0.270 e. The van der Waals surface area contributed by atoms with Gasteiger partial charge in [-0.15, -0.1) is 0 Å². The highest BCUT2D eigenvalue weighted by Crippen LogP contribution is 2.31. The third kappa shape index (κ3) is 5.10. The first-order valence-electron chi connectivity index (χ1n) is 8.51. The van der Waals surface area contributed by atoms with Crippen LogP contribution in [0.15, 0.2) is 36.4 Å². The molecule has 2 rings (SSSR count). The molecule has 0 aliphatic carbocycles. The smallest absolute Gasteiger partial charge is 0.270 e. The van der Waals surface area contributed by atoms with Crippen LogP contribution in [-0.2, 0) is 0 Å². The fourth-order valence-electron chi connectivity index (χ4n) is 2.50. The molecule has 0 heterocycles. The van der Waals surface area contributed by atoms with Crippen LogP contribution < -0.4 is 14.8 Å². The molecule has 0 saturated carbocycles. The number of hydrogen-bond acceptors (Lipinski definition) is 5. The van der Waals surface area contributed by atoms with Gasteiger partial charge in [0.05, 0.1) is 34.8 Å². The second-order valence-corrected chi connectivity index (χ2v) is 6.10. The van der Waals surface area contributed by atoms with Crippen LogP contribution in [0.4, 0.5) is 5.69 Å². The lowest BCUT2D eigenvalue weighted by atomic mass is 10.1. The van der Waals surface area contributed by atoms with Crippen molar-refractivity contribution in [3.63, 3.8) is 0 Å². The average molecular weight is 393 g/mol. The molecule has 0 saturated heterocycles. The van der Waals surface area contributed by atoms with Crippen molar-refractivity contribution in [2.24, 2.45) is 0 Å². The number of nitro benzene ring substituents is 1. The van der Waals surface area contributed by atoms with E-state index in [-0.39, 0.29) is 22.3 Å². The second kappa shape index (κ2) is 9.23. The van der Waals surface area contributed by atoms with Crippen LogP contribution in [-0.4, -0.2) is 24.0 Å². The molecular formula is C19H21ClN2O5. The Morgan fingerprint density at radius 1 is 1.15 bits per heavy atom. The van der Waals surface area contributed by atoms with E-state index in [9.17, 15) is 14.9 Å².